The Labute approximate surface area is 124 Å². The van der Waals surface area contributed by atoms with Gasteiger partial charge in [-0.25, -0.2) is 8.42 Å². The zero-order valence-corrected chi connectivity index (χ0v) is 13.0. The predicted octanol–water partition coefficient (Wildman–Crippen LogP) is 2.70. The fourth-order valence-electron chi connectivity index (χ4n) is 2.04. The van der Waals surface area contributed by atoms with Gasteiger partial charge in [-0.3, -0.25) is 4.72 Å². The maximum absolute atomic E-state index is 12.5. The lowest BCUT2D eigenvalue weighted by Gasteiger charge is -2.12. The molecule has 5 nitrogen and oxygen atoms in total. The fourth-order valence-corrected chi connectivity index (χ4v) is 3.31. The largest absolute Gasteiger partial charge is 0.497 e. The lowest BCUT2D eigenvalue weighted by Crippen LogP contribution is -2.14. The highest BCUT2D eigenvalue weighted by Gasteiger charge is 2.16. The molecule has 2 aromatic carbocycles. The highest BCUT2D eigenvalue weighted by atomic mass is 32.2. The molecule has 112 valence electrons. The number of benzene rings is 2. The molecule has 0 atom stereocenters. The third kappa shape index (κ3) is 3.46. The third-order valence-corrected chi connectivity index (χ3v) is 4.36. The summed E-state index contributed by atoms with van der Waals surface area (Å²) in [4.78, 5) is 0.210. The van der Waals surface area contributed by atoms with Gasteiger partial charge in [-0.05, 0) is 49.2 Å². The van der Waals surface area contributed by atoms with Crippen molar-refractivity contribution in [3.63, 3.8) is 0 Å². The normalized spacial score (nSPS) is 11.2. The number of sulfonamides is 1. The average Bonchev–Trinajstić information content (AvgIpc) is 2.40. The van der Waals surface area contributed by atoms with Crippen LogP contribution in [0.4, 0.5) is 11.4 Å². The number of nitrogens with one attached hydrogen (secondary N) is 1. The molecule has 6 heteroatoms. The Morgan fingerprint density at radius 3 is 2.24 bits per heavy atom. The minimum absolute atomic E-state index is 0.210. The van der Waals surface area contributed by atoms with Crippen molar-refractivity contribution in [3.05, 3.63) is 47.5 Å². The molecule has 0 radical (unpaired) electrons. The van der Waals surface area contributed by atoms with E-state index in [0.717, 1.165) is 11.1 Å². The van der Waals surface area contributed by atoms with Gasteiger partial charge in [-0.2, -0.15) is 0 Å². The molecule has 0 saturated carbocycles. The first kappa shape index (κ1) is 15.2. The van der Waals surface area contributed by atoms with Gasteiger partial charge < -0.3 is 10.5 Å². The molecule has 0 aliphatic carbocycles. The van der Waals surface area contributed by atoms with Crippen molar-refractivity contribution in [2.24, 2.45) is 0 Å². The lowest BCUT2D eigenvalue weighted by molar-refractivity contribution is 0.415. The van der Waals surface area contributed by atoms with Crippen LogP contribution in [-0.2, 0) is 10.0 Å². The van der Waals surface area contributed by atoms with Gasteiger partial charge in [0.2, 0.25) is 0 Å². The van der Waals surface area contributed by atoms with Crippen LogP contribution >= 0.6 is 0 Å². The van der Waals surface area contributed by atoms with Crippen molar-refractivity contribution >= 4 is 21.4 Å². The van der Waals surface area contributed by atoms with Crippen molar-refractivity contribution in [1.29, 1.82) is 0 Å². The summed E-state index contributed by atoms with van der Waals surface area (Å²) in [5.74, 6) is 0.530. The number of ether oxygens (including phenoxy) is 1. The van der Waals surface area contributed by atoms with E-state index in [1.807, 2.05) is 19.9 Å². The SMILES string of the molecule is COc1ccc(N)c(NS(=O)(=O)c2cc(C)cc(C)c2)c1. The van der Waals surface area contributed by atoms with E-state index in [4.69, 9.17) is 10.5 Å². The first-order chi connectivity index (χ1) is 9.81. The first-order valence-corrected chi connectivity index (χ1v) is 7.85. The van der Waals surface area contributed by atoms with E-state index < -0.39 is 10.0 Å². The number of rotatable bonds is 4. The van der Waals surface area contributed by atoms with Crippen LogP contribution in [0.15, 0.2) is 41.3 Å². The Morgan fingerprint density at radius 1 is 1.05 bits per heavy atom. The summed E-state index contributed by atoms with van der Waals surface area (Å²) in [7, 11) is -2.18. The maximum Gasteiger partial charge on any atom is 0.261 e. The molecule has 3 N–H and O–H groups in total. The molecule has 0 fully saturated rings. The summed E-state index contributed by atoms with van der Waals surface area (Å²) >= 11 is 0. The standard InChI is InChI=1S/C15H18N2O3S/c1-10-6-11(2)8-13(7-10)21(18,19)17-15-9-12(20-3)4-5-14(15)16/h4-9,17H,16H2,1-3H3. The predicted molar refractivity (Wildman–Crippen MR) is 84.1 cm³/mol. The van der Waals surface area contributed by atoms with Crippen LogP contribution in [0.1, 0.15) is 11.1 Å². The van der Waals surface area contributed by atoms with Crippen molar-refractivity contribution < 1.29 is 13.2 Å². The summed E-state index contributed by atoms with van der Waals surface area (Å²) in [5.41, 5.74) is 8.21. The Kier molecular flexibility index (Phi) is 4.09. The molecule has 0 bridgehead atoms. The number of methoxy groups -OCH3 is 1. The van der Waals surface area contributed by atoms with Gasteiger partial charge in [-0.1, -0.05) is 6.07 Å². The number of hydrogen-bond donors (Lipinski definition) is 2. The average molecular weight is 306 g/mol. The second-order valence-electron chi connectivity index (χ2n) is 4.88. The Bertz CT molecular complexity index is 750. The minimum Gasteiger partial charge on any atom is -0.497 e. The first-order valence-electron chi connectivity index (χ1n) is 6.36. The molecule has 0 heterocycles. The molecular formula is C15H18N2O3S. The van der Waals surface area contributed by atoms with Gasteiger partial charge >= 0.3 is 0 Å². The van der Waals surface area contributed by atoms with E-state index in [-0.39, 0.29) is 4.90 Å². The second kappa shape index (κ2) is 5.65. The Balaban J connectivity index is 2.41. The summed E-state index contributed by atoms with van der Waals surface area (Å²) in [6, 6.07) is 9.97. The topological polar surface area (TPSA) is 81.4 Å². The van der Waals surface area contributed by atoms with Gasteiger partial charge in [0.25, 0.3) is 10.0 Å². The molecule has 21 heavy (non-hydrogen) atoms. The zero-order valence-electron chi connectivity index (χ0n) is 12.2. The lowest BCUT2D eigenvalue weighted by atomic mass is 10.2. The van der Waals surface area contributed by atoms with Crippen molar-refractivity contribution in [2.45, 2.75) is 18.7 Å². The summed E-state index contributed by atoms with van der Waals surface area (Å²) in [6.45, 7) is 3.71. The number of anilines is 2. The molecule has 0 unspecified atom stereocenters. The van der Waals surface area contributed by atoms with Gasteiger partial charge in [-0.15, -0.1) is 0 Å². The molecule has 0 aromatic heterocycles. The molecule has 0 amide bonds. The van der Waals surface area contributed by atoms with E-state index in [0.29, 0.717) is 17.1 Å². The van der Waals surface area contributed by atoms with E-state index in [1.165, 1.54) is 7.11 Å². The number of aryl methyl sites for hydroxylation is 2. The molecule has 0 spiro atoms. The second-order valence-corrected chi connectivity index (χ2v) is 6.56. The molecular weight excluding hydrogens is 288 g/mol. The number of nitrogen functional groups attached to an aromatic ring is 1. The Hall–Kier alpha value is -2.21. The molecule has 2 aromatic rings. The summed E-state index contributed by atoms with van der Waals surface area (Å²) in [6.07, 6.45) is 0. The zero-order chi connectivity index (χ0) is 15.6. The van der Waals surface area contributed by atoms with Crippen molar-refractivity contribution in [1.82, 2.24) is 0 Å². The summed E-state index contributed by atoms with van der Waals surface area (Å²) in [5, 5.41) is 0. The minimum atomic E-state index is -3.69. The quantitative estimate of drug-likeness (QED) is 0.851. The third-order valence-electron chi connectivity index (χ3n) is 3.01. The Morgan fingerprint density at radius 2 is 1.67 bits per heavy atom. The van der Waals surface area contributed by atoms with Crippen LogP contribution in [0, 0.1) is 13.8 Å². The van der Waals surface area contributed by atoms with Crippen molar-refractivity contribution in [2.75, 3.05) is 17.6 Å². The van der Waals surface area contributed by atoms with Crippen LogP contribution in [0.2, 0.25) is 0 Å². The number of hydrogen-bond acceptors (Lipinski definition) is 4. The van der Waals surface area contributed by atoms with Gasteiger partial charge in [0.15, 0.2) is 0 Å². The van der Waals surface area contributed by atoms with Gasteiger partial charge in [0.1, 0.15) is 5.75 Å². The maximum atomic E-state index is 12.5. The molecule has 0 aliphatic rings. The van der Waals surface area contributed by atoms with Crippen LogP contribution < -0.4 is 15.2 Å². The van der Waals surface area contributed by atoms with Crippen LogP contribution in [0.5, 0.6) is 5.75 Å². The highest BCUT2D eigenvalue weighted by molar-refractivity contribution is 7.92. The molecule has 2 rings (SSSR count). The fraction of sp³-hybridized carbons (Fsp3) is 0.200. The van der Waals surface area contributed by atoms with E-state index in [1.54, 1.807) is 30.3 Å². The monoisotopic (exact) mass is 306 g/mol. The van der Waals surface area contributed by atoms with Crippen LogP contribution in [0.3, 0.4) is 0 Å². The van der Waals surface area contributed by atoms with E-state index in [9.17, 15) is 8.42 Å². The van der Waals surface area contributed by atoms with E-state index >= 15 is 0 Å². The van der Waals surface area contributed by atoms with Gasteiger partial charge in [0.05, 0.1) is 23.4 Å². The van der Waals surface area contributed by atoms with E-state index in [2.05, 4.69) is 4.72 Å². The number of nitrogens with two attached hydrogens (primary N) is 1. The van der Waals surface area contributed by atoms with Crippen molar-refractivity contribution in [3.8, 4) is 5.75 Å². The van der Waals surface area contributed by atoms with Crippen LogP contribution in [0.25, 0.3) is 0 Å². The van der Waals surface area contributed by atoms with Gasteiger partial charge in [0, 0.05) is 6.07 Å². The van der Waals surface area contributed by atoms with Crippen LogP contribution in [-0.4, -0.2) is 15.5 Å². The molecule has 0 saturated heterocycles. The smallest absolute Gasteiger partial charge is 0.261 e. The summed E-state index contributed by atoms with van der Waals surface area (Å²) < 4.78 is 32.5. The molecule has 0 aliphatic heterocycles. The highest BCUT2D eigenvalue weighted by Crippen LogP contribution is 2.27.